The first-order valence-corrected chi connectivity index (χ1v) is 5.86. The van der Waals surface area contributed by atoms with Crippen molar-refractivity contribution in [1.29, 1.82) is 0 Å². The van der Waals surface area contributed by atoms with Gasteiger partial charge in [0, 0.05) is 31.3 Å². The minimum Gasteiger partial charge on any atom is -0.382 e. The van der Waals surface area contributed by atoms with Crippen molar-refractivity contribution >= 4 is 0 Å². The summed E-state index contributed by atoms with van der Waals surface area (Å²) in [6.45, 7) is 4.43. The maximum Gasteiger partial charge on any atom is 0.131 e. The molecule has 0 aliphatic heterocycles. The van der Waals surface area contributed by atoms with Crippen LogP contribution in [0.1, 0.15) is 17.2 Å². The van der Waals surface area contributed by atoms with Crippen LogP contribution in [0.2, 0.25) is 0 Å². The summed E-state index contributed by atoms with van der Waals surface area (Å²) in [7, 11) is 1.66. The standard InChI is InChI=1S/C12H21N3O2/c1-10-9-11(3-5-13)15-12(14-10)4-6-17-8-7-16-2/h9H,3-8,13H2,1-2H3. The molecule has 0 aromatic carbocycles. The molecule has 5 nitrogen and oxygen atoms in total. The number of ether oxygens (including phenoxy) is 2. The molecule has 1 aromatic rings. The van der Waals surface area contributed by atoms with Gasteiger partial charge in [0.2, 0.25) is 0 Å². The van der Waals surface area contributed by atoms with E-state index in [2.05, 4.69) is 9.97 Å². The van der Waals surface area contributed by atoms with Gasteiger partial charge in [-0.1, -0.05) is 0 Å². The summed E-state index contributed by atoms with van der Waals surface area (Å²) in [4.78, 5) is 8.81. The van der Waals surface area contributed by atoms with E-state index in [1.165, 1.54) is 0 Å². The quantitative estimate of drug-likeness (QED) is 0.669. The summed E-state index contributed by atoms with van der Waals surface area (Å²) in [6, 6.07) is 1.97. The van der Waals surface area contributed by atoms with Crippen molar-refractivity contribution in [1.82, 2.24) is 9.97 Å². The average molecular weight is 239 g/mol. The van der Waals surface area contributed by atoms with E-state index in [0.717, 1.165) is 30.1 Å². The predicted octanol–water partition coefficient (Wildman–Crippen LogP) is 0.492. The number of rotatable bonds is 8. The number of aromatic nitrogens is 2. The molecule has 17 heavy (non-hydrogen) atoms. The zero-order chi connectivity index (χ0) is 12.5. The molecular weight excluding hydrogens is 218 g/mol. The first kappa shape index (κ1) is 14.0. The zero-order valence-corrected chi connectivity index (χ0v) is 10.6. The fraction of sp³-hybridized carbons (Fsp3) is 0.667. The first-order valence-electron chi connectivity index (χ1n) is 5.86. The lowest BCUT2D eigenvalue weighted by atomic mass is 10.2. The second kappa shape index (κ2) is 8.11. The topological polar surface area (TPSA) is 70.3 Å². The predicted molar refractivity (Wildman–Crippen MR) is 65.9 cm³/mol. The van der Waals surface area contributed by atoms with Gasteiger partial charge in [-0.25, -0.2) is 9.97 Å². The van der Waals surface area contributed by atoms with Gasteiger partial charge >= 0.3 is 0 Å². The molecule has 0 radical (unpaired) electrons. The number of hydrogen-bond donors (Lipinski definition) is 1. The highest BCUT2D eigenvalue weighted by Gasteiger charge is 2.02. The Morgan fingerprint density at radius 1 is 1.18 bits per heavy atom. The Labute approximate surface area is 102 Å². The summed E-state index contributed by atoms with van der Waals surface area (Å²) in [5, 5.41) is 0. The summed E-state index contributed by atoms with van der Waals surface area (Å²) >= 11 is 0. The number of nitrogens with two attached hydrogens (primary N) is 1. The van der Waals surface area contributed by atoms with Crippen molar-refractivity contribution in [2.24, 2.45) is 5.73 Å². The molecule has 0 fully saturated rings. The summed E-state index contributed by atoms with van der Waals surface area (Å²) in [5.74, 6) is 0.825. The first-order chi connectivity index (χ1) is 8.26. The van der Waals surface area contributed by atoms with Crippen LogP contribution in [0.25, 0.3) is 0 Å². The minimum atomic E-state index is 0.609. The van der Waals surface area contributed by atoms with Gasteiger partial charge in [0.05, 0.1) is 19.8 Å². The van der Waals surface area contributed by atoms with E-state index in [9.17, 15) is 0 Å². The van der Waals surface area contributed by atoms with Crippen molar-refractivity contribution in [3.8, 4) is 0 Å². The van der Waals surface area contributed by atoms with E-state index in [1.807, 2.05) is 13.0 Å². The molecule has 0 saturated carbocycles. The van der Waals surface area contributed by atoms with Crippen LogP contribution in [-0.4, -0.2) is 43.4 Å². The lowest BCUT2D eigenvalue weighted by Gasteiger charge is -2.06. The monoisotopic (exact) mass is 239 g/mol. The van der Waals surface area contributed by atoms with Gasteiger partial charge in [-0.05, 0) is 19.5 Å². The van der Waals surface area contributed by atoms with Crippen LogP contribution in [0.3, 0.4) is 0 Å². The van der Waals surface area contributed by atoms with Crippen LogP contribution in [0.15, 0.2) is 6.07 Å². The van der Waals surface area contributed by atoms with Gasteiger partial charge in [0.25, 0.3) is 0 Å². The molecule has 1 aromatic heterocycles. The van der Waals surface area contributed by atoms with Crippen molar-refractivity contribution < 1.29 is 9.47 Å². The minimum absolute atomic E-state index is 0.609. The molecule has 0 spiro atoms. The Morgan fingerprint density at radius 3 is 2.71 bits per heavy atom. The van der Waals surface area contributed by atoms with Crippen LogP contribution in [0.4, 0.5) is 0 Å². The summed E-state index contributed by atoms with van der Waals surface area (Å²) in [5.41, 5.74) is 7.50. The molecule has 0 bridgehead atoms. The van der Waals surface area contributed by atoms with Gasteiger partial charge in [0.15, 0.2) is 0 Å². The number of nitrogens with zero attached hydrogens (tertiary/aromatic N) is 2. The summed E-state index contributed by atoms with van der Waals surface area (Å²) in [6.07, 6.45) is 1.52. The summed E-state index contributed by atoms with van der Waals surface area (Å²) < 4.78 is 10.3. The third kappa shape index (κ3) is 5.72. The molecule has 0 aliphatic carbocycles. The Kier molecular flexibility index (Phi) is 6.69. The highest BCUT2D eigenvalue weighted by Crippen LogP contribution is 2.02. The van der Waals surface area contributed by atoms with Crippen LogP contribution in [0, 0.1) is 6.92 Å². The van der Waals surface area contributed by atoms with Gasteiger partial charge in [0.1, 0.15) is 5.82 Å². The van der Waals surface area contributed by atoms with E-state index >= 15 is 0 Å². The molecule has 0 unspecified atom stereocenters. The molecular formula is C12H21N3O2. The Hall–Kier alpha value is -1.04. The highest BCUT2D eigenvalue weighted by atomic mass is 16.5. The third-order valence-corrected chi connectivity index (χ3v) is 2.26. The normalized spacial score (nSPS) is 10.8. The number of methoxy groups -OCH3 is 1. The molecule has 96 valence electrons. The SMILES string of the molecule is COCCOCCc1nc(C)cc(CCN)n1. The van der Waals surface area contributed by atoms with Crippen molar-refractivity contribution in [2.75, 3.05) is 33.5 Å². The van der Waals surface area contributed by atoms with Crippen molar-refractivity contribution in [3.63, 3.8) is 0 Å². The average Bonchev–Trinajstić information content (AvgIpc) is 2.28. The van der Waals surface area contributed by atoms with E-state index in [1.54, 1.807) is 7.11 Å². The molecule has 0 saturated heterocycles. The number of aryl methyl sites for hydroxylation is 1. The lowest BCUT2D eigenvalue weighted by Crippen LogP contribution is -2.10. The maximum atomic E-state index is 5.52. The van der Waals surface area contributed by atoms with Crippen molar-refractivity contribution in [2.45, 2.75) is 19.8 Å². The Bertz CT molecular complexity index is 332. The van der Waals surface area contributed by atoms with E-state index < -0.39 is 0 Å². The zero-order valence-electron chi connectivity index (χ0n) is 10.6. The number of hydrogen-bond acceptors (Lipinski definition) is 5. The molecule has 0 atom stereocenters. The molecule has 1 rings (SSSR count). The van der Waals surface area contributed by atoms with Gasteiger partial charge in [-0.3, -0.25) is 0 Å². The van der Waals surface area contributed by atoms with E-state index in [-0.39, 0.29) is 0 Å². The molecule has 0 amide bonds. The van der Waals surface area contributed by atoms with Gasteiger partial charge in [-0.2, -0.15) is 0 Å². The van der Waals surface area contributed by atoms with Crippen LogP contribution < -0.4 is 5.73 Å². The van der Waals surface area contributed by atoms with Gasteiger partial charge in [-0.15, -0.1) is 0 Å². The Balaban J connectivity index is 2.41. The second-order valence-electron chi connectivity index (χ2n) is 3.81. The Morgan fingerprint density at radius 2 is 2.00 bits per heavy atom. The molecule has 1 heterocycles. The fourth-order valence-electron chi connectivity index (χ4n) is 1.50. The smallest absolute Gasteiger partial charge is 0.131 e. The van der Waals surface area contributed by atoms with E-state index in [0.29, 0.717) is 26.4 Å². The third-order valence-electron chi connectivity index (χ3n) is 2.26. The molecule has 0 aliphatic rings. The highest BCUT2D eigenvalue weighted by molar-refractivity contribution is 5.10. The van der Waals surface area contributed by atoms with Crippen LogP contribution in [0.5, 0.6) is 0 Å². The maximum absolute atomic E-state index is 5.52. The van der Waals surface area contributed by atoms with Crippen LogP contribution in [-0.2, 0) is 22.3 Å². The second-order valence-corrected chi connectivity index (χ2v) is 3.81. The van der Waals surface area contributed by atoms with Gasteiger partial charge < -0.3 is 15.2 Å². The largest absolute Gasteiger partial charge is 0.382 e. The molecule has 5 heteroatoms. The van der Waals surface area contributed by atoms with E-state index in [4.69, 9.17) is 15.2 Å². The van der Waals surface area contributed by atoms with Crippen molar-refractivity contribution in [3.05, 3.63) is 23.3 Å². The van der Waals surface area contributed by atoms with Crippen LogP contribution >= 0.6 is 0 Å². The molecule has 2 N–H and O–H groups in total. The lowest BCUT2D eigenvalue weighted by molar-refractivity contribution is 0.0716. The fourth-order valence-corrected chi connectivity index (χ4v) is 1.50.